The second kappa shape index (κ2) is 11.3. The molecule has 1 heterocycles. The van der Waals surface area contributed by atoms with Gasteiger partial charge in [0.05, 0.1) is 38.1 Å². The summed E-state index contributed by atoms with van der Waals surface area (Å²) in [6.07, 6.45) is 0. The number of ether oxygens (including phenoxy) is 4. The van der Waals surface area contributed by atoms with E-state index in [0.717, 1.165) is 5.56 Å². The van der Waals surface area contributed by atoms with Gasteiger partial charge < -0.3 is 29.6 Å². The number of carbonyl (C=O) groups is 2. The second-order valence-electron chi connectivity index (χ2n) is 7.95. The third-order valence-electron chi connectivity index (χ3n) is 5.70. The minimum atomic E-state index is -0.778. The van der Waals surface area contributed by atoms with Crippen molar-refractivity contribution in [3.05, 3.63) is 95.1 Å². The van der Waals surface area contributed by atoms with E-state index in [1.807, 2.05) is 30.3 Å². The molecule has 0 spiro atoms. The molecule has 1 unspecified atom stereocenters. The van der Waals surface area contributed by atoms with Crippen molar-refractivity contribution in [1.29, 1.82) is 0 Å². The van der Waals surface area contributed by atoms with Crippen LogP contribution >= 0.6 is 0 Å². The average Bonchev–Trinajstić information content (AvgIpc) is 2.92. The van der Waals surface area contributed by atoms with E-state index in [4.69, 9.17) is 18.9 Å². The van der Waals surface area contributed by atoms with Crippen molar-refractivity contribution in [2.75, 3.05) is 20.8 Å². The van der Waals surface area contributed by atoms with E-state index in [-0.39, 0.29) is 12.2 Å². The highest BCUT2D eigenvalue weighted by Gasteiger charge is 2.35. The van der Waals surface area contributed by atoms with Crippen molar-refractivity contribution in [3.63, 3.8) is 0 Å². The monoisotopic (exact) mass is 488 g/mol. The molecule has 1 atom stereocenters. The third-order valence-corrected chi connectivity index (χ3v) is 5.70. The summed E-state index contributed by atoms with van der Waals surface area (Å²) in [5, 5.41) is 5.63. The zero-order valence-corrected chi connectivity index (χ0v) is 20.4. The van der Waals surface area contributed by atoms with E-state index in [0.29, 0.717) is 40.7 Å². The molecule has 0 aromatic heterocycles. The highest BCUT2D eigenvalue weighted by molar-refractivity contribution is 6.04. The molecule has 3 aromatic rings. The van der Waals surface area contributed by atoms with Gasteiger partial charge in [0.2, 0.25) is 0 Å². The highest BCUT2D eigenvalue weighted by atomic mass is 16.5. The number of amides is 2. The summed E-state index contributed by atoms with van der Waals surface area (Å²) in [4.78, 5) is 25.9. The number of carbonyl (C=O) groups excluding carboxylic acids is 2. The zero-order valence-electron chi connectivity index (χ0n) is 20.4. The van der Waals surface area contributed by atoms with Gasteiger partial charge in [-0.3, -0.25) is 0 Å². The lowest BCUT2D eigenvalue weighted by atomic mass is 9.92. The smallest absolute Gasteiger partial charge is 0.338 e. The number of hydrogen-bond acceptors (Lipinski definition) is 6. The van der Waals surface area contributed by atoms with Crippen LogP contribution in [-0.2, 0) is 16.1 Å². The number of methoxy groups -OCH3 is 2. The Balaban J connectivity index is 1.76. The summed E-state index contributed by atoms with van der Waals surface area (Å²) in [6, 6.07) is 20.9. The van der Waals surface area contributed by atoms with Gasteiger partial charge in [0, 0.05) is 0 Å². The van der Waals surface area contributed by atoms with Crippen LogP contribution in [0.25, 0.3) is 5.70 Å². The van der Waals surface area contributed by atoms with Gasteiger partial charge in [-0.1, -0.05) is 36.4 Å². The van der Waals surface area contributed by atoms with Crippen LogP contribution in [0, 0.1) is 0 Å². The standard InChI is InChI=1S/C28H28N2O6/c1-4-35-27(31)24-25(19-10-13-21(33-2)14-11-19)29-28(32)30-26(24)20-12-15-22(34-3)23(16-20)36-17-18-8-6-5-7-9-18/h5-16,26H,4,17H2,1-3H3,(H2,29,30,32). The molecule has 36 heavy (non-hydrogen) atoms. The van der Waals surface area contributed by atoms with Gasteiger partial charge in [0.25, 0.3) is 0 Å². The summed E-state index contributed by atoms with van der Waals surface area (Å²) < 4.78 is 22.1. The fourth-order valence-electron chi connectivity index (χ4n) is 3.95. The summed E-state index contributed by atoms with van der Waals surface area (Å²) >= 11 is 0. The van der Waals surface area contributed by atoms with Crippen molar-refractivity contribution in [1.82, 2.24) is 10.6 Å². The largest absolute Gasteiger partial charge is 0.497 e. The molecule has 2 amide bonds. The Morgan fingerprint density at radius 1 is 0.917 bits per heavy atom. The predicted molar refractivity (Wildman–Crippen MR) is 135 cm³/mol. The van der Waals surface area contributed by atoms with Gasteiger partial charge in [-0.25, -0.2) is 9.59 Å². The molecular formula is C28H28N2O6. The van der Waals surface area contributed by atoms with Crippen LogP contribution in [0.3, 0.4) is 0 Å². The quantitative estimate of drug-likeness (QED) is 0.427. The average molecular weight is 489 g/mol. The maximum Gasteiger partial charge on any atom is 0.338 e. The van der Waals surface area contributed by atoms with Gasteiger partial charge in [-0.05, 0) is 60.0 Å². The van der Waals surface area contributed by atoms with Gasteiger partial charge in [-0.15, -0.1) is 0 Å². The Kier molecular flexibility index (Phi) is 7.75. The number of benzene rings is 3. The highest BCUT2D eigenvalue weighted by Crippen LogP contribution is 2.37. The van der Waals surface area contributed by atoms with Crippen molar-refractivity contribution in [2.24, 2.45) is 0 Å². The molecule has 0 radical (unpaired) electrons. The summed E-state index contributed by atoms with van der Waals surface area (Å²) in [7, 11) is 3.13. The molecule has 0 aliphatic carbocycles. The molecular weight excluding hydrogens is 460 g/mol. The first-order chi connectivity index (χ1) is 17.5. The fourth-order valence-corrected chi connectivity index (χ4v) is 3.95. The normalized spacial score (nSPS) is 15.0. The first-order valence-electron chi connectivity index (χ1n) is 11.5. The van der Waals surface area contributed by atoms with Crippen molar-refractivity contribution in [2.45, 2.75) is 19.6 Å². The molecule has 0 bridgehead atoms. The van der Waals surface area contributed by atoms with Crippen molar-refractivity contribution >= 4 is 17.7 Å². The molecule has 186 valence electrons. The fraction of sp³-hybridized carbons (Fsp3) is 0.214. The van der Waals surface area contributed by atoms with Crippen LogP contribution in [0.4, 0.5) is 4.79 Å². The Morgan fingerprint density at radius 3 is 2.33 bits per heavy atom. The maximum absolute atomic E-state index is 13.2. The Bertz CT molecular complexity index is 1250. The van der Waals surface area contributed by atoms with E-state index < -0.39 is 18.0 Å². The van der Waals surface area contributed by atoms with Crippen LogP contribution in [0.2, 0.25) is 0 Å². The number of esters is 1. The molecule has 0 saturated carbocycles. The van der Waals surface area contributed by atoms with Crippen molar-refractivity contribution < 1.29 is 28.5 Å². The molecule has 1 aliphatic rings. The topological polar surface area (TPSA) is 95.1 Å². The molecule has 0 fully saturated rings. The van der Waals surface area contributed by atoms with Crippen LogP contribution in [0.15, 0.2) is 78.4 Å². The Hall–Kier alpha value is -4.46. The van der Waals surface area contributed by atoms with E-state index in [1.165, 1.54) is 0 Å². The molecule has 2 N–H and O–H groups in total. The van der Waals surface area contributed by atoms with Crippen LogP contribution in [-0.4, -0.2) is 32.8 Å². The lowest BCUT2D eigenvalue weighted by Gasteiger charge is -2.30. The molecule has 3 aromatic carbocycles. The van der Waals surface area contributed by atoms with E-state index >= 15 is 0 Å². The van der Waals surface area contributed by atoms with E-state index in [2.05, 4.69) is 10.6 Å². The molecule has 8 nitrogen and oxygen atoms in total. The number of nitrogens with one attached hydrogen (secondary N) is 2. The van der Waals surface area contributed by atoms with Crippen LogP contribution in [0.5, 0.6) is 17.2 Å². The second-order valence-corrected chi connectivity index (χ2v) is 7.95. The maximum atomic E-state index is 13.2. The molecule has 0 saturated heterocycles. The zero-order chi connectivity index (χ0) is 25.5. The number of rotatable bonds is 9. The summed E-state index contributed by atoms with van der Waals surface area (Å²) in [6.45, 7) is 2.25. The molecule has 8 heteroatoms. The van der Waals surface area contributed by atoms with Crippen molar-refractivity contribution in [3.8, 4) is 17.2 Å². The minimum Gasteiger partial charge on any atom is -0.497 e. The number of hydrogen-bond donors (Lipinski definition) is 2. The lowest BCUT2D eigenvalue weighted by molar-refractivity contribution is -0.138. The molecule has 1 aliphatic heterocycles. The van der Waals surface area contributed by atoms with E-state index in [9.17, 15) is 9.59 Å². The molecule has 4 rings (SSSR count). The summed E-state index contributed by atoms with van der Waals surface area (Å²) in [5.74, 6) is 1.14. The Labute approximate surface area is 209 Å². The lowest BCUT2D eigenvalue weighted by Crippen LogP contribution is -2.45. The number of urea groups is 1. The Morgan fingerprint density at radius 2 is 1.67 bits per heavy atom. The van der Waals surface area contributed by atoms with E-state index in [1.54, 1.807) is 63.6 Å². The van der Waals surface area contributed by atoms with Gasteiger partial charge in [-0.2, -0.15) is 0 Å². The first kappa shape index (κ1) is 24.7. The van der Waals surface area contributed by atoms with Gasteiger partial charge in [0.15, 0.2) is 11.5 Å². The van der Waals surface area contributed by atoms with Crippen LogP contribution in [0.1, 0.15) is 29.7 Å². The van der Waals surface area contributed by atoms with Gasteiger partial charge in [0.1, 0.15) is 12.4 Å². The minimum absolute atomic E-state index is 0.187. The predicted octanol–water partition coefficient (Wildman–Crippen LogP) is 4.61. The summed E-state index contributed by atoms with van der Waals surface area (Å²) in [5.41, 5.74) is 2.93. The SMILES string of the molecule is CCOC(=O)C1=C(c2ccc(OC)cc2)NC(=O)NC1c1ccc(OC)c(OCc2ccccc2)c1. The third kappa shape index (κ3) is 5.43. The first-order valence-corrected chi connectivity index (χ1v) is 11.5. The van der Waals surface area contributed by atoms with Crippen LogP contribution < -0.4 is 24.8 Å². The van der Waals surface area contributed by atoms with Gasteiger partial charge >= 0.3 is 12.0 Å².